The Morgan fingerprint density at radius 2 is 1.96 bits per heavy atom. The Labute approximate surface area is 126 Å². The van der Waals surface area contributed by atoms with Crippen LogP contribution in [0.25, 0.3) is 11.0 Å². The fraction of sp³-hybridized carbons (Fsp3) is 0.308. The second-order valence-electron chi connectivity index (χ2n) is 4.81. The number of halogens is 3. The maximum absolute atomic E-state index is 12.3. The number of aliphatic carboxylic acids is 1. The van der Waals surface area contributed by atoms with E-state index in [9.17, 15) is 27.6 Å². The second-order valence-corrected chi connectivity index (χ2v) is 4.81. The van der Waals surface area contributed by atoms with E-state index in [4.69, 9.17) is 5.11 Å². The molecule has 1 aromatic carbocycles. The molecule has 0 radical (unpaired) electrons. The van der Waals surface area contributed by atoms with Crippen LogP contribution < -0.4 is 11.0 Å². The third kappa shape index (κ3) is 4.11. The Morgan fingerprint density at radius 3 is 2.57 bits per heavy atom. The molecule has 0 spiro atoms. The van der Waals surface area contributed by atoms with Crippen LogP contribution in [-0.4, -0.2) is 38.8 Å². The summed E-state index contributed by atoms with van der Waals surface area (Å²) >= 11 is 0. The van der Waals surface area contributed by atoms with Crippen LogP contribution >= 0.6 is 0 Å². The van der Waals surface area contributed by atoms with Gasteiger partial charge in [-0.15, -0.1) is 0 Å². The number of aromatic amines is 1. The zero-order valence-electron chi connectivity index (χ0n) is 11.6. The van der Waals surface area contributed by atoms with Crippen molar-refractivity contribution in [2.24, 2.45) is 0 Å². The molecular formula is C13H12F3N3O4. The molecule has 0 saturated heterocycles. The van der Waals surface area contributed by atoms with Crippen LogP contribution in [0.2, 0.25) is 0 Å². The molecular weight excluding hydrogens is 319 g/mol. The molecule has 1 heterocycles. The average Bonchev–Trinajstić information content (AvgIpc) is 2.73. The number of para-hydroxylation sites is 2. The fourth-order valence-electron chi connectivity index (χ4n) is 2.08. The number of hydrogen-bond acceptors (Lipinski definition) is 3. The van der Waals surface area contributed by atoms with Crippen LogP contribution in [0, 0.1) is 0 Å². The first kappa shape index (κ1) is 16.6. The number of carboxylic acid groups (broad SMARTS) is 1. The van der Waals surface area contributed by atoms with Crippen molar-refractivity contribution in [2.45, 2.75) is 25.2 Å². The highest BCUT2D eigenvalue weighted by Crippen LogP contribution is 2.21. The van der Waals surface area contributed by atoms with Gasteiger partial charge < -0.3 is 15.4 Å². The summed E-state index contributed by atoms with van der Waals surface area (Å²) in [5, 5.41) is 10.5. The minimum Gasteiger partial charge on any atom is -0.480 e. The van der Waals surface area contributed by atoms with E-state index in [1.165, 1.54) is 0 Å². The number of aromatic nitrogens is 2. The minimum atomic E-state index is -4.74. The fourth-order valence-corrected chi connectivity index (χ4v) is 2.08. The normalized spacial score (nSPS) is 13.0. The van der Waals surface area contributed by atoms with Crippen molar-refractivity contribution in [3.8, 4) is 0 Å². The lowest BCUT2D eigenvalue weighted by Gasteiger charge is -2.16. The van der Waals surface area contributed by atoms with E-state index < -0.39 is 42.7 Å². The van der Waals surface area contributed by atoms with Gasteiger partial charge in [-0.2, -0.15) is 13.2 Å². The molecule has 1 aromatic heterocycles. The van der Waals surface area contributed by atoms with Gasteiger partial charge in [0, 0.05) is 0 Å². The zero-order chi connectivity index (χ0) is 17.2. The first-order chi connectivity index (χ1) is 10.7. The lowest BCUT2D eigenvalue weighted by molar-refractivity contribution is -0.160. The quantitative estimate of drug-likeness (QED) is 0.755. The largest absolute Gasteiger partial charge is 0.480 e. The summed E-state index contributed by atoms with van der Waals surface area (Å²) < 4.78 is 37.9. The van der Waals surface area contributed by atoms with Crippen LogP contribution in [-0.2, 0) is 16.1 Å². The van der Waals surface area contributed by atoms with Gasteiger partial charge in [-0.05, 0) is 12.1 Å². The monoisotopic (exact) mass is 331 g/mol. The number of alkyl halides is 3. The lowest BCUT2D eigenvalue weighted by Crippen LogP contribution is -2.45. The summed E-state index contributed by atoms with van der Waals surface area (Å²) in [5.74, 6) is -2.81. The number of nitrogens with zero attached hydrogens (tertiary/aromatic N) is 1. The van der Waals surface area contributed by atoms with Gasteiger partial charge in [0.05, 0.1) is 17.5 Å². The molecule has 1 amide bonds. The molecule has 0 aliphatic rings. The van der Waals surface area contributed by atoms with Gasteiger partial charge >= 0.3 is 17.8 Å². The molecule has 7 nitrogen and oxygen atoms in total. The van der Waals surface area contributed by atoms with E-state index in [1.807, 2.05) is 0 Å². The standard InChI is InChI=1S/C13H12F3N3O4/c14-13(15,16)5-8(11(21)22)17-10(20)6-19-9-4-2-1-3-7(9)18-12(19)23/h1-4,8H,5-6H2,(H,17,20)(H,18,23)(H,21,22). The van der Waals surface area contributed by atoms with Gasteiger partial charge in [-0.25, -0.2) is 9.59 Å². The van der Waals surface area contributed by atoms with E-state index in [1.54, 1.807) is 29.6 Å². The van der Waals surface area contributed by atoms with E-state index >= 15 is 0 Å². The number of hydrogen-bond donors (Lipinski definition) is 3. The Bertz CT molecular complexity index is 794. The van der Waals surface area contributed by atoms with Crippen molar-refractivity contribution in [1.82, 2.24) is 14.9 Å². The third-order valence-corrected chi connectivity index (χ3v) is 3.05. The van der Waals surface area contributed by atoms with Crippen LogP contribution in [0.4, 0.5) is 13.2 Å². The maximum Gasteiger partial charge on any atom is 0.391 e. The van der Waals surface area contributed by atoms with Crippen molar-refractivity contribution < 1.29 is 27.9 Å². The summed E-state index contributed by atoms with van der Waals surface area (Å²) in [4.78, 5) is 36.8. The molecule has 0 bridgehead atoms. The summed E-state index contributed by atoms with van der Waals surface area (Å²) in [6, 6.07) is 4.31. The Morgan fingerprint density at radius 1 is 1.30 bits per heavy atom. The molecule has 3 N–H and O–H groups in total. The summed E-state index contributed by atoms with van der Waals surface area (Å²) in [6.45, 7) is -0.593. The summed E-state index contributed by atoms with van der Waals surface area (Å²) in [5.41, 5.74) is 0.217. The number of amides is 1. The van der Waals surface area contributed by atoms with Crippen molar-refractivity contribution in [3.05, 3.63) is 34.7 Å². The van der Waals surface area contributed by atoms with E-state index in [2.05, 4.69) is 4.98 Å². The van der Waals surface area contributed by atoms with Crippen molar-refractivity contribution in [2.75, 3.05) is 0 Å². The maximum atomic E-state index is 12.3. The smallest absolute Gasteiger partial charge is 0.391 e. The summed E-state index contributed by atoms with van der Waals surface area (Å²) in [6.07, 6.45) is -6.44. The molecule has 1 unspecified atom stereocenters. The highest BCUT2D eigenvalue weighted by molar-refractivity contribution is 5.84. The van der Waals surface area contributed by atoms with E-state index in [0.717, 1.165) is 4.57 Å². The Kier molecular flexibility index (Phi) is 4.43. The zero-order valence-corrected chi connectivity index (χ0v) is 11.6. The van der Waals surface area contributed by atoms with E-state index in [-0.39, 0.29) is 0 Å². The van der Waals surface area contributed by atoms with Gasteiger partial charge in [-0.1, -0.05) is 12.1 Å². The first-order valence-electron chi connectivity index (χ1n) is 6.44. The number of carbonyl (C=O) groups excluding carboxylic acids is 1. The predicted octanol–water partition coefficient (Wildman–Crippen LogP) is 0.851. The highest BCUT2D eigenvalue weighted by Gasteiger charge is 2.36. The Hall–Kier alpha value is -2.78. The number of carbonyl (C=O) groups is 2. The SMILES string of the molecule is O=C(Cn1c(=O)[nH]c2ccccc21)NC(CC(F)(F)F)C(=O)O. The molecule has 10 heteroatoms. The van der Waals surface area contributed by atoms with Gasteiger partial charge in [0.1, 0.15) is 12.6 Å². The molecule has 124 valence electrons. The number of H-pyrrole nitrogens is 1. The number of rotatable bonds is 5. The van der Waals surface area contributed by atoms with Crippen molar-refractivity contribution in [3.63, 3.8) is 0 Å². The van der Waals surface area contributed by atoms with Crippen LogP contribution in [0.5, 0.6) is 0 Å². The number of nitrogens with one attached hydrogen (secondary N) is 2. The molecule has 0 aliphatic carbocycles. The molecule has 0 saturated carbocycles. The lowest BCUT2D eigenvalue weighted by atomic mass is 10.2. The number of benzene rings is 1. The molecule has 23 heavy (non-hydrogen) atoms. The summed E-state index contributed by atoms with van der Waals surface area (Å²) in [7, 11) is 0. The van der Waals surface area contributed by atoms with Gasteiger partial charge in [0.2, 0.25) is 5.91 Å². The van der Waals surface area contributed by atoms with Crippen LogP contribution in [0.1, 0.15) is 6.42 Å². The number of carboxylic acids is 1. The molecule has 2 rings (SSSR count). The topological polar surface area (TPSA) is 104 Å². The first-order valence-corrected chi connectivity index (χ1v) is 6.44. The van der Waals surface area contributed by atoms with Crippen LogP contribution in [0.15, 0.2) is 29.1 Å². The van der Waals surface area contributed by atoms with E-state index in [0.29, 0.717) is 11.0 Å². The number of imidazole rings is 1. The van der Waals surface area contributed by atoms with Gasteiger partial charge in [0.15, 0.2) is 0 Å². The number of fused-ring (bicyclic) bond motifs is 1. The Balaban J connectivity index is 2.16. The van der Waals surface area contributed by atoms with Gasteiger partial charge in [-0.3, -0.25) is 9.36 Å². The highest BCUT2D eigenvalue weighted by atomic mass is 19.4. The van der Waals surface area contributed by atoms with Crippen molar-refractivity contribution >= 4 is 22.9 Å². The third-order valence-electron chi connectivity index (χ3n) is 3.05. The molecule has 1 atom stereocenters. The molecule has 0 fully saturated rings. The average molecular weight is 331 g/mol. The van der Waals surface area contributed by atoms with Gasteiger partial charge in [0.25, 0.3) is 0 Å². The second kappa shape index (κ2) is 6.15. The predicted molar refractivity (Wildman–Crippen MR) is 72.8 cm³/mol. The minimum absolute atomic E-state index is 0.385. The molecule has 0 aliphatic heterocycles. The van der Waals surface area contributed by atoms with Crippen molar-refractivity contribution in [1.29, 1.82) is 0 Å². The molecule has 2 aromatic rings. The van der Waals surface area contributed by atoms with Crippen LogP contribution in [0.3, 0.4) is 0 Å².